The van der Waals surface area contributed by atoms with Crippen molar-refractivity contribution in [2.75, 3.05) is 19.0 Å². The number of hydrogen-bond acceptors (Lipinski definition) is 4. The maximum absolute atomic E-state index is 13.4. The van der Waals surface area contributed by atoms with Gasteiger partial charge in [-0.15, -0.1) is 0 Å². The lowest BCUT2D eigenvalue weighted by Crippen LogP contribution is -2.33. The predicted molar refractivity (Wildman–Crippen MR) is 83.2 cm³/mol. The Kier molecular flexibility index (Phi) is 5.47. The molecule has 0 saturated heterocycles. The highest BCUT2D eigenvalue weighted by molar-refractivity contribution is 7.89. The molecule has 0 atom stereocenters. The van der Waals surface area contributed by atoms with Crippen molar-refractivity contribution >= 4 is 21.6 Å². The largest absolute Gasteiger partial charge is 0.497 e. The van der Waals surface area contributed by atoms with Crippen LogP contribution in [0.1, 0.15) is 0 Å². The highest BCUT2D eigenvalue weighted by atomic mass is 32.2. The quantitative estimate of drug-likeness (QED) is 0.828. The molecule has 9 heteroatoms. The van der Waals surface area contributed by atoms with E-state index in [2.05, 4.69) is 10.0 Å². The second-order valence-electron chi connectivity index (χ2n) is 4.67. The van der Waals surface area contributed by atoms with Gasteiger partial charge >= 0.3 is 0 Å². The normalized spacial score (nSPS) is 11.1. The van der Waals surface area contributed by atoms with E-state index in [-0.39, 0.29) is 10.6 Å². The van der Waals surface area contributed by atoms with Gasteiger partial charge in [0.15, 0.2) is 0 Å². The van der Waals surface area contributed by atoms with Gasteiger partial charge in [-0.3, -0.25) is 4.79 Å². The molecule has 0 unspecified atom stereocenters. The van der Waals surface area contributed by atoms with Crippen molar-refractivity contribution in [1.29, 1.82) is 0 Å². The molecule has 0 aliphatic rings. The first-order chi connectivity index (χ1) is 11.3. The summed E-state index contributed by atoms with van der Waals surface area (Å²) in [5, 5.41) is 2.15. The molecular formula is C15H14F2N2O4S. The summed E-state index contributed by atoms with van der Waals surface area (Å²) >= 11 is 0. The number of carbonyl (C=O) groups excluding carboxylic acids is 1. The average molecular weight is 356 g/mol. The molecule has 2 aromatic carbocycles. The number of carbonyl (C=O) groups is 1. The molecule has 0 aliphatic carbocycles. The third-order valence-corrected chi connectivity index (χ3v) is 4.41. The second-order valence-corrected chi connectivity index (χ2v) is 6.44. The van der Waals surface area contributed by atoms with Gasteiger partial charge < -0.3 is 10.1 Å². The van der Waals surface area contributed by atoms with E-state index in [1.807, 2.05) is 0 Å². The Morgan fingerprint density at radius 1 is 1.12 bits per heavy atom. The molecule has 0 spiro atoms. The molecule has 24 heavy (non-hydrogen) atoms. The summed E-state index contributed by atoms with van der Waals surface area (Å²) in [6, 6.07) is 8.18. The molecule has 0 aliphatic heterocycles. The summed E-state index contributed by atoms with van der Waals surface area (Å²) in [6.07, 6.45) is 0. The Hall–Kier alpha value is -2.52. The Labute approximate surface area is 137 Å². The molecule has 128 valence electrons. The summed E-state index contributed by atoms with van der Waals surface area (Å²) < 4.78 is 57.3. The average Bonchev–Trinajstić information content (AvgIpc) is 2.56. The lowest BCUT2D eigenvalue weighted by molar-refractivity contribution is -0.115. The third kappa shape index (κ3) is 4.49. The van der Waals surface area contributed by atoms with E-state index in [9.17, 15) is 22.0 Å². The van der Waals surface area contributed by atoms with Gasteiger partial charge in [0, 0.05) is 6.07 Å². The van der Waals surface area contributed by atoms with Crippen molar-refractivity contribution in [1.82, 2.24) is 4.72 Å². The zero-order chi connectivity index (χ0) is 17.7. The van der Waals surface area contributed by atoms with Gasteiger partial charge in [-0.2, -0.15) is 0 Å². The van der Waals surface area contributed by atoms with Gasteiger partial charge in [0.2, 0.25) is 15.9 Å². The van der Waals surface area contributed by atoms with Crippen LogP contribution in [-0.4, -0.2) is 28.0 Å². The Morgan fingerprint density at radius 2 is 1.79 bits per heavy atom. The van der Waals surface area contributed by atoms with Crippen LogP contribution in [0.5, 0.6) is 5.75 Å². The van der Waals surface area contributed by atoms with E-state index in [0.29, 0.717) is 11.8 Å². The first-order valence-electron chi connectivity index (χ1n) is 6.70. The Morgan fingerprint density at radius 3 is 2.38 bits per heavy atom. The van der Waals surface area contributed by atoms with Gasteiger partial charge in [-0.25, -0.2) is 21.9 Å². The van der Waals surface area contributed by atoms with Gasteiger partial charge in [0.1, 0.15) is 17.4 Å². The van der Waals surface area contributed by atoms with Gasteiger partial charge in [-0.05, 0) is 36.4 Å². The second kappa shape index (κ2) is 7.37. The van der Waals surface area contributed by atoms with Crippen LogP contribution in [0, 0.1) is 11.6 Å². The van der Waals surface area contributed by atoms with E-state index in [1.165, 1.54) is 31.4 Å². The SMILES string of the molecule is COc1ccc(S(=O)(=O)NCC(=O)Nc2ccc(F)cc2F)cc1. The molecule has 0 saturated carbocycles. The minimum atomic E-state index is -3.91. The zero-order valence-electron chi connectivity index (χ0n) is 12.5. The zero-order valence-corrected chi connectivity index (χ0v) is 13.4. The van der Waals surface area contributed by atoms with Crippen LogP contribution < -0.4 is 14.8 Å². The van der Waals surface area contributed by atoms with Crippen LogP contribution in [0.25, 0.3) is 0 Å². The van der Waals surface area contributed by atoms with Crippen molar-refractivity contribution in [2.24, 2.45) is 0 Å². The first-order valence-corrected chi connectivity index (χ1v) is 8.19. The fourth-order valence-electron chi connectivity index (χ4n) is 1.78. The fraction of sp³-hybridized carbons (Fsp3) is 0.133. The van der Waals surface area contributed by atoms with Crippen LogP contribution in [-0.2, 0) is 14.8 Å². The van der Waals surface area contributed by atoms with Crippen LogP contribution in [0.4, 0.5) is 14.5 Å². The highest BCUT2D eigenvalue weighted by Crippen LogP contribution is 2.16. The van der Waals surface area contributed by atoms with E-state index in [0.717, 1.165) is 12.1 Å². The third-order valence-electron chi connectivity index (χ3n) is 3.00. The van der Waals surface area contributed by atoms with Crippen LogP contribution >= 0.6 is 0 Å². The summed E-state index contributed by atoms with van der Waals surface area (Å²) in [5.74, 6) is -2.05. The number of halogens is 2. The molecule has 0 heterocycles. The smallest absolute Gasteiger partial charge is 0.241 e. The molecule has 0 bridgehead atoms. The first kappa shape index (κ1) is 17.8. The van der Waals surface area contributed by atoms with E-state index >= 15 is 0 Å². The topological polar surface area (TPSA) is 84.5 Å². The standard InChI is InChI=1S/C15H14F2N2O4S/c1-23-11-3-5-12(6-4-11)24(21,22)18-9-15(20)19-14-7-2-10(16)8-13(14)17/h2-8,18H,9H2,1H3,(H,19,20). The maximum atomic E-state index is 13.4. The number of anilines is 1. The Bertz CT molecular complexity index is 839. The molecule has 0 fully saturated rings. The minimum Gasteiger partial charge on any atom is -0.497 e. The van der Waals surface area contributed by atoms with E-state index < -0.39 is 34.1 Å². The summed E-state index contributed by atoms with van der Waals surface area (Å²) in [5.41, 5.74) is -0.245. The highest BCUT2D eigenvalue weighted by Gasteiger charge is 2.16. The molecule has 2 aromatic rings. The van der Waals surface area contributed by atoms with Crippen molar-refractivity contribution < 1.29 is 26.7 Å². The molecule has 6 nitrogen and oxygen atoms in total. The molecule has 2 N–H and O–H groups in total. The van der Waals surface area contributed by atoms with Crippen LogP contribution in [0.2, 0.25) is 0 Å². The number of ether oxygens (including phenoxy) is 1. The summed E-state index contributed by atoms with van der Waals surface area (Å²) in [6.45, 7) is -0.606. The maximum Gasteiger partial charge on any atom is 0.241 e. The summed E-state index contributed by atoms with van der Waals surface area (Å²) in [4.78, 5) is 11.7. The number of rotatable bonds is 6. The number of methoxy groups -OCH3 is 1. The van der Waals surface area contributed by atoms with Crippen molar-refractivity contribution in [3.8, 4) is 5.75 Å². The molecule has 0 aromatic heterocycles. The van der Waals surface area contributed by atoms with E-state index in [1.54, 1.807) is 0 Å². The number of sulfonamides is 1. The van der Waals surface area contributed by atoms with Crippen molar-refractivity contribution in [3.63, 3.8) is 0 Å². The Balaban J connectivity index is 1.99. The van der Waals surface area contributed by atoms with Crippen LogP contribution in [0.3, 0.4) is 0 Å². The molecule has 2 rings (SSSR count). The number of benzene rings is 2. The molecule has 1 amide bonds. The molecule has 0 radical (unpaired) electrons. The fourth-order valence-corrected chi connectivity index (χ4v) is 2.77. The number of nitrogens with one attached hydrogen (secondary N) is 2. The van der Waals surface area contributed by atoms with E-state index in [4.69, 9.17) is 4.74 Å². The van der Waals surface area contributed by atoms with Gasteiger partial charge in [0.05, 0.1) is 24.2 Å². The van der Waals surface area contributed by atoms with Gasteiger partial charge in [-0.1, -0.05) is 0 Å². The van der Waals surface area contributed by atoms with Crippen LogP contribution in [0.15, 0.2) is 47.4 Å². The lowest BCUT2D eigenvalue weighted by atomic mass is 10.3. The number of hydrogen-bond donors (Lipinski definition) is 2. The molecular weight excluding hydrogens is 342 g/mol. The lowest BCUT2D eigenvalue weighted by Gasteiger charge is -2.09. The van der Waals surface area contributed by atoms with Gasteiger partial charge in [0.25, 0.3) is 0 Å². The van der Waals surface area contributed by atoms with Crippen molar-refractivity contribution in [3.05, 3.63) is 54.1 Å². The predicted octanol–water partition coefficient (Wildman–Crippen LogP) is 1.89. The minimum absolute atomic E-state index is 0.0518. The summed E-state index contributed by atoms with van der Waals surface area (Å²) in [7, 11) is -2.46. The monoisotopic (exact) mass is 356 g/mol. The van der Waals surface area contributed by atoms with Crippen molar-refractivity contribution in [2.45, 2.75) is 4.90 Å². The number of amides is 1.